The molecule has 3 aromatic rings. The molecule has 0 N–H and O–H groups in total. The van der Waals surface area contributed by atoms with Crippen molar-refractivity contribution < 1.29 is 4.79 Å². The largest absolute Gasteiger partial charge is 0.302 e. The van der Waals surface area contributed by atoms with Crippen LogP contribution in [0.1, 0.15) is 24.2 Å². The van der Waals surface area contributed by atoms with E-state index in [9.17, 15) is 4.79 Å². The number of thioether (sulfide) groups is 1. The first-order valence-corrected chi connectivity index (χ1v) is 11.7. The number of hydrogen-bond acceptors (Lipinski definition) is 5. The number of hydrogen-bond donors (Lipinski definition) is 0. The normalized spacial score (nSPS) is 11.3. The average Bonchev–Trinajstić information content (AvgIpc) is 3.13. The highest BCUT2D eigenvalue weighted by Crippen LogP contribution is 2.32. The number of likely N-dealkylation sites (N-methyl/N-ethyl adjacent to an activating group) is 1. The second kappa shape index (κ2) is 9.74. The third-order valence-corrected chi connectivity index (χ3v) is 6.67. The summed E-state index contributed by atoms with van der Waals surface area (Å²) in [4.78, 5) is 23.3. The van der Waals surface area contributed by atoms with E-state index in [1.807, 2.05) is 6.07 Å². The second-order valence-corrected chi connectivity index (χ2v) is 8.65. The molecule has 1 heterocycles. The predicted octanol–water partition coefficient (Wildman–Crippen LogP) is 5.66. The Hall–Kier alpha value is -1.60. The number of aromatic nitrogens is 1. The molecule has 0 aliphatic rings. The minimum absolute atomic E-state index is 0.0706. The quantitative estimate of drug-likeness (QED) is 0.429. The van der Waals surface area contributed by atoms with Crippen LogP contribution in [-0.4, -0.2) is 48.2 Å². The van der Waals surface area contributed by atoms with Gasteiger partial charge < -0.3 is 4.90 Å². The van der Waals surface area contributed by atoms with Crippen molar-refractivity contribution in [2.24, 2.45) is 0 Å². The molecule has 4 nitrogen and oxygen atoms in total. The zero-order chi connectivity index (χ0) is 20.1. The third kappa shape index (κ3) is 4.87. The number of amides is 1. The van der Waals surface area contributed by atoms with Crippen molar-refractivity contribution in [1.29, 1.82) is 0 Å². The highest BCUT2D eigenvalue weighted by Gasteiger charge is 2.22. The maximum absolute atomic E-state index is 13.3. The second-order valence-electron chi connectivity index (χ2n) is 6.32. The van der Waals surface area contributed by atoms with Gasteiger partial charge in [-0.25, -0.2) is 4.98 Å². The van der Waals surface area contributed by atoms with Gasteiger partial charge in [-0.15, -0.1) is 11.8 Å². The number of carbonyl (C=O) groups excluding carboxylic acids is 1. The lowest BCUT2D eigenvalue weighted by molar-refractivity contribution is 0.0984. The smallest absolute Gasteiger partial charge is 0.260 e. The number of rotatable bonds is 8. The Morgan fingerprint density at radius 3 is 2.61 bits per heavy atom. The number of anilines is 1. The van der Waals surface area contributed by atoms with E-state index >= 15 is 0 Å². The molecular weight excluding hydrogens is 410 g/mol. The van der Waals surface area contributed by atoms with Gasteiger partial charge in [0.15, 0.2) is 5.13 Å². The van der Waals surface area contributed by atoms with Crippen LogP contribution >= 0.6 is 34.7 Å². The van der Waals surface area contributed by atoms with Crippen LogP contribution in [0.5, 0.6) is 0 Å². The summed E-state index contributed by atoms with van der Waals surface area (Å²) in [5, 5.41) is 1.29. The van der Waals surface area contributed by atoms with Crippen LogP contribution in [0.3, 0.4) is 0 Å². The zero-order valence-corrected chi connectivity index (χ0v) is 18.7. The maximum Gasteiger partial charge on any atom is 0.260 e. The SMILES string of the molecule is CCN(CC)CCN(C(=O)c1cccc(Cl)c1)c1nc2ccc(SC)cc2s1. The monoisotopic (exact) mass is 433 g/mol. The van der Waals surface area contributed by atoms with E-state index in [-0.39, 0.29) is 5.91 Å². The summed E-state index contributed by atoms with van der Waals surface area (Å²) in [6, 6.07) is 13.3. The summed E-state index contributed by atoms with van der Waals surface area (Å²) < 4.78 is 1.09. The van der Waals surface area contributed by atoms with E-state index in [0.29, 0.717) is 17.1 Å². The number of fused-ring (bicyclic) bond motifs is 1. The summed E-state index contributed by atoms with van der Waals surface area (Å²) in [6.45, 7) is 7.55. The van der Waals surface area contributed by atoms with Gasteiger partial charge in [0.05, 0.1) is 10.2 Å². The molecule has 0 unspecified atom stereocenters. The molecule has 0 atom stereocenters. The van der Waals surface area contributed by atoms with E-state index in [4.69, 9.17) is 16.6 Å². The van der Waals surface area contributed by atoms with E-state index in [1.165, 1.54) is 4.90 Å². The Bertz CT molecular complexity index is 956. The minimum atomic E-state index is -0.0706. The van der Waals surface area contributed by atoms with Crippen molar-refractivity contribution in [1.82, 2.24) is 9.88 Å². The lowest BCUT2D eigenvalue weighted by Gasteiger charge is -2.24. The van der Waals surface area contributed by atoms with Crippen molar-refractivity contribution in [3.63, 3.8) is 0 Å². The highest BCUT2D eigenvalue weighted by atomic mass is 35.5. The van der Waals surface area contributed by atoms with Gasteiger partial charge in [-0.05, 0) is 55.7 Å². The first kappa shape index (κ1) is 21.1. The molecule has 0 radical (unpaired) electrons. The van der Waals surface area contributed by atoms with Crippen LogP contribution in [0.15, 0.2) is 47.4 Å². The Morgan fingerprint density at radius 1 is 1.14 bits per heavy atom. The lowest BCUT2D eigenvalue weighted by Crippen LogP contribution is -2.38. The average molecular weight is 434 g/mol. The van der Waals surface area contributed by atoms with Crippen molar-refractivity contribution >= 4 is 56.0 Å². The van der Waals surface area contributed by atoms with Crippen LogP contribution in [-0.2, 0) is 0 Å². The van der Waals surface area contributed by atoms with Gasteiger partial charge in [-0.3, -0.25) is 9.69 Å². The molecule has 1 aromatic heterocycles. The summed E-state index contributed by atoms with van der Waals surface area (Å²) in [7, 11) is 0. The molecule has 0 fully saturated rings. The Labute approximate surface area is 179 Å². The minimum Gasteiger partial charge on any atom is -0.302 e. The maximum atomic E-state index is 13.3. The first-order chi connectivity index (χ1) is 13.5. The summed E-state index contributed by atoms with van der Waals surface area (Å²) in [6.07, 6.45) is 2.06. The Morgan fingerprint density at radius 2 is 1.93 bits per heavy atom. The molecule has 148 valence electrons. The van der Waals surface area contributed by atoms with Crippen LogP contribution in [0, 0.1) is 0 Å². The number of carbonyl (C=O) groups is 1. The molecule has 0 spiro atoms. The molecule has 3 rings (SSSR count). The molecule has 7 heteroatoms. The molecule has 0 saturated heterocycles. The van der Waals surface area contributed by atoms with Gasteiger partial charge in [0.2, 0.25) is 0 Å². The molecule has 28 heavy (non-hydrogen) atoms. The van der Waals surface area contributed by atoms with Crippen molar-refractivity contribution in [3.05, 3.63) is 53.1 Å². The molecule has 1 amide bonds. The molecule has 0 bridgehead atoms. The molecular formula is C21H24ClN3OS2. The summed E-state index contributed by atoms with van der Waals surface area (Å²) >= 11 is 9.38. The lowest BCUT2D eigenvalue weighted by atomic mass is 10.2. The zero-order valence-electron chi connectivity index (χ0n) is 16.3. The fraction of sp³-hybridized carbons (Fsp3) is 0.333. The van der Waals surface area contributed by atoms with E-state index in [1.54, 1.807) is 52.3 Å². The van der Waals surface area contributed by atoms with Crippen LogP contribution < -0.4 is 4.90 Å². The molecule has 0 aliphatic heterocycles. The van der Waals surface area contributed by atoms with Crippen LogP contribution in [0.25, 0.3) is 10.2 Å². The topological polar surface area (TPSA) is 36.4 Å². The number of benzene rings is 2. The Kier molecular flexibility index (Phi) is 7.35. The van der Waals surface area contributed by atoms with Crippen LogP contribution in [0.4, 0.5) is 5.13 Å². The van der Waals surface area contributed by atoms with Crippen molar-refractivity contribution in [2.45, 2.75) is 18.7 Å². The van der Waals surface area contributed by atoms with E-state index in [2.05, 4.69) is 37.1 Å². The van der Waals surface area contributed by atoms with Crippen molar-refractivity contribution in [3.8, 4) is 0 Å². The predicted molar refractivity (Wildman–Crippen MR) is 122 cm³/mol. The Balaban J connectivity index is 1.96. The number of thiazole rings is 1. The van der Waals surface area contributed by atoms with Gasteiger partial charge >= 0.3 is 0 Å². The standard InChI is InChI=1S/C21H24ClN3OS2/c1-4-24(5-2)11-12-25(20(26)15-7-6-8-16(22)13-15)21-23-18-10-9-17(27-3)14-19(18)28-21/h6-10,13-14H,4-5,11-12H2,1-3H3. The van der Waals surface area contributed by atoms with Gasteiger partial charge in [0, 0.05) is 28.6 Å². The summed E-state index contributed by atoms with van der Waals surface area (Å²) in [5.41, 5.74) is 1.50. The van der Waals surface area contributed by atoms with Gasteiger partial charge in [0.25, 0.3) is 5.91 Å². The van der Waals surface area contributed by atoms with Crippen LogP contribution in [0.2, 0.25) is 5.02 Å². The van der Waals surface area contributed by atoms with Crippen molar-refractivity contribution in [2.75, 3.05) is 37.3 Å². The number of halogens is 1. The van der Waals surface area contributed by atoms with Gasteiger partial charge in [-0.2, -0.15) is 0 Å². The molecule has 2 aromatic carbocycles. The highest BCUT2D eigenvalue weighted by molar-refractivity contribution is 7.98. The van der Waals surface area contributed by atoms with E-state index in [0.717, 1.165) is 35.0 Å². The number of nitrogens with zero attached hydrogens (tertiary/aromatic N) is 3. The fourth-order valence-electron chi connectivity index (χ4n) is 2.98. The molecule has 0 saturated carbocycles. The van der Waals surface area contributed by atoms with E-state index < -0.39 is 0 Å². The third-order valence-electron chi connectivity index (χ3n) is 4.67. The fourth-order valence-corrected chi connectivity index (χ4v) is 4.71. The molecule has 0 aliphatic carbocycles. The van der Waals surface area contributed by atoms with Gasteiger partial charge in [0.1, 0.15) is 0 Å². The van der Waals surface area contributed by atoms with Gasteiger partial charge in [-0.1, -0.05) is 42.9 Å². The first-order valence-electron chi connectivity index (χ1n) is 9.30. The summed E-state index contributed by atoms with van der Waals surface area (Å²) in [5.74, 6) is -0.0706.